The van der Waals surface area contributed by atoms with E-state index in [4.69, 9.17) is 9.47 Å². The standard InChI is InChI=1S/C39H47N3O7/c1-4-5-22-41-23-14-21-39-33(36(45)42(35(39)37(41)46)29(25-43)24-27-15-8-6-9-16-27)32-30(49-39)19-12-13-20-31(44)40(3)26(2)34(48-38(32)47)28-17-10-7-11-18-28/h6-12,14-19,21,26,29-30,32-35,43H,4-5,13,20,22-25H2,1-3H3/b19-12-/t26-,29+,30-,32+,33+,34+,35-,39+/m0/s1. The van der Waals surface area contributed by atoms with Crippen LogP contribution in [0.1, 0.15) is 56.8 Å². The van der Waals surface area contributed by atoms with Gasteiger partial charge in [-0.2, -0.15) is 0 Å². The minimum atomic E-state index is -1.47. The number of aliphatic hydroxyl groups is 1. The smallest absolute Gasteiger partial charge is 0.313 e. The molecule has 2 aromatic rings. The number of nitrogens with zero attached hydrogens (tertiary/aromatic N) is 3. The van der Waals surface area contributed by atoms with Gasteiger partial charge in [0.25, 0.3) is 0 Å². The zero-order chi connectivity index (χ0) is 34.7. The molecule has 1 spiro atoms. The fraction of sp³-hybridized carbons (Fsp3) is 0.487. The highest BCUT2D eigenvalue weighted by Crippen LogP contribution is 2.54. The van der Waals surface area contributed by atoms with E-state index in [1.165, 1.54) is 4.90 Å². The van der Waals surface area contributed by atoms with Gasteiger partial charge in [0, 0.05) is 26.6 Å². The molecule has 2 aromatic carbocycles. The number of allylic oxidation sites excluding steroid dienone is 1. The monoisotopic (exact) mass is 669 g/mol. The van der Waals surface area contributed by atoms with E-state index in [0.29, 0.717) is 25.9 Å². The Morgan fingerprint density at radius 3 is 2.39 bits per heavy atom. The van der Waals surface area contributed by atoms with Gasteiger partial charge in [-0.05, 0) is 37.3 Å². The first-order chi connectivity index (χ1) is 23.7. The number of esters is 1. The molecule has 260 valence electrons. The minimum Gasteiger partial charge on any atom is -0.455 e. The van der Waals surface area contributed by atoms with Crippen LogP contribution in [0.25, 0.3) is 0 Å². The molecule has 0 radical (unpaired) electrons. The van der Waals surface area contributed by atoms with Gasteiger partial charge in [0.1, 0.15) is 23.7 Å². The van der Waals surface area contributed by atoms with Crippen LogP contribution >= 0.6 is 0 Å². The molecule has 4 aliphatic heterocycles. The van der Waals surface area contributed by atoms with E-state index in [9.17, 15) is 24.3 Å². The highest BCUT2D eigenvalue weighted by molar-refractivity contribution is 5.99. The van der Waals surface area contributed by atoms with Crippen LogP contribution in [-0.2, 0) is 35.1 Å². The number of amides is 3. The molecule has 0 saturated carbocycles. The molecular weight excluding hydrogens is 622 g/mol. The van der Waals surface area contributed by atoms with Gasteiger partial charge in [0.2, 0.25) is 17.7 Å². The number of ether oxygens (including phenoxy) is 2. The van der Waals surface area contributed by atoms with E-state index < -0.39 is 59.6 Å². The minimum absolute atomic E-state index is 0.0853. The molecule has 49 heavy (non-hydrogen) atoms. The Morgan fingerprint density at radius 2 is 1.69 bits per heavy atom. The van der Waals surface area contributed by atoms with Gasteiger partial charge in [0.05, 0.1) is 30.7 Å². The number of carbonyl (C=O) groups is 4. The second-order valence-electron chi connectivity index (χ2n) is 13.6. The van der Waals surface area contributed by atoms with Gasteiger partial charge in [-0.25, -0.2) is 0 Å². The summed E-state index contributed by atoms with van der Waals surface area (Å²) in [5, 5.41) is 10.8. The van der Waals surface area contributed by atoms with Crippen molar-refractivity contribution in [3.05, 3.63) is 96.1 Å². The lowest BCUT2D eigenvalue weighted by Gasteiger charge is -2.38. The van der Waals surface area contributed by atoms with Crippen LogP contribution in [-0.4, -0.2) is 100 Å². The molecule has 4 aliphatic rings. The third-order valence-electron chi connectivity index (χ3n) is 10.7. The normalized spacial score (nSPS) is 31.6. The maximum atomic E-state index is 14.9. The van der Waals surface area contributed by atoms with Crippen LogP contribution < -0.4 is 0 Å². The van der Waals surface area contributed by atoms with Gasteiger partial charge in [-0.1, -0.05) is 98.3 Å². The van der Waals surface area contributed by atoms with Crippen LogP contribution in [0.15, 0.2) is 85.0 Å². The number of carbonyl (C=O) groups excluding carboxylic acids is 4. The number of hydrogen-bond acceptors (Lipinski definition) is 7. The Hall–Kier alpha value is -4.28. The third kappa shape index (κ3) is 6.44. The lowest BCUT2D eigenvalue weighted by atomic mass is 9.77. The van der Waals surface area contributed by atoms with Crippen molar-refractivity contribution in [3.8, 4) is 0 Å². The van der Waals surface area contributed by atoms with E-state index in [-0.39, 0.29) is 24.8 Å². The Kier molecular flexibility index (Phi) is 10.4. The predicted molar refractivity (Wildman–Crippen MR) is 183 cm³/mol. The molecule has 2 fully saturated rings. The van der Waals surface area contributed by atoms with Crippen molar-refractivity contribution in [1.29, 1.82) is 0 Å². The van der Waals surface area contributed by atoms with Crippen molar-refractivity contribution in [2.45, 2.75) is 81.9 Å². The molecule has 8 atom stereocenters. The van der Waals surface area contributed by atoms with Gasteiger partial charge in [-0.15, -0.1) is 0 Å². The number of rotatable bonds is 8. The van der Waals surface area contributed by atoms with E-state index >= 15 is 0 Å². The van der Waals surface area contributed by atoms with Crippen LogP contribution in [0.4, 0.5) is 0 Å². The number of likely N-dealkylation sites (N-methyl/N-ethyl adjacent to an activating group) is 1. The molecule has 0 bridgehead atoms. The summed E-state index contributed by atoms with van der Waals surface area (Å²) in [4.78, 5) is 62.2. The summed E-state index contributed by atoms with van der Waals surface area (Å²) in [7, 11) is 1.71. The number of cyclic esters (lactones) is 1. The summed E-state index contributed by atoms with van der Waals surface area (Å²) in [6.07, 6.45) is 8.20. The number of fused-ring (bicyclic) bond motifs is 2. The first kappa shape index (κ1) is 34.6. The predicted octanol–water partition coefficient (Wildman–Crippen LogP) is 3.85. The molecule has 10 nitrogen and oxygen atoms in total. The molecule has 10 heteroatoms. The van der Waals surface area contributed by atoms with Crippen LogP contribution in [0.2, 0.25) is 0 Å². The second kappa shape index (κ2) is 14.7. The molecule has 0 unspecified atom stereocenters. The highest BCUT2D eigenvalue weighted by Gasteiger charge is 2.72. The number of hydrogen-bond donors (Lipinski definition) is 1. The molecule has 2 saturated heterocycles. The molecule has 4 heterocycles. The Labute approximate surface area is 288 Å². The molecular formula is C39H47N3O7. The van der Waals surface area contributed by atoms with Gasteiger partial charge < -0.3 is 29.3 Å². The quantitative estimate of drug-likeness (QED) is 0.335. The third-order valence-corrected chi connectivity index (χ3v) is 10.7. The second-order valence-corrected chi connectivity index (χ2v) is 13.6. The largest absolute Gasteiger partial charge is 0.455 e. The number of benzene rings is 2. The van der Waals surface area contributed by atoms with Crippen LogP contribution in [0.5, 0.6) is 0 Å². The first-order valence-electron chi connectivity index (χ1n) is 17.5. The van der Waals surface area contributed by atoms with E-state index in [1.807, 2.05) is 85.8 Å². The maximum absolute atomic E-state index is 14.9. The highest BCUT2D eigenvalue weighted by atomic mass is 16.6. The average Bonchev–Trinajstić information content (AvgIpc) is 3.51. The SMILES string of the molecule is CCCCN1CC=C[C@@]23O[C@H]4/C=C\CCC(=O)N(C)[C@@H](C)[C@H](c5ccccc5)OC(=O)[C@H]4[C@@H]2C(=O)N([C@@H](CO)Cc2ccccc2)[C@H]3C1=O. The van der Waals surface area contributed by atoms with Gasteiger partial charge in [0.15, 0.2) is 0 Å². The van der Waals surface area contributed by atoms with E-state index in [1.54, 1.807) is 22.9 Å². The van der Waals surface area contributed by atoms with Gasteiger partial charge >= 0.3 is 5.97 Å². The van der Waals surface area contributed by atoms with E-state index in [0.717, 1.165) is 24.0 Å². The zero-order valence-electron chi connectivity index (χ0n) is 28.5. The summed E-state index contributed by atoms with van der Waals surface area (Å²) >= 11 is 0. The summed E-state index contributed by atoms with van der Waals surface area (Å²) < 4.78 is 13.2. The summed E-state index contributed by atoms with van der Waals surface area (Å²) in [5.41, 5.74) is 0.154. The fourth-order valence-corrected chi connectivity index (χ4v) is 7.95. The van der Waals surface area contributed by atoms with Gasteiger partial charge in [-0.3, -0.25) is 19.2 Å². The maximum Gasteiger partial charge on any atom is 0.313 e. The molecule has 0 aromatic heterocycles. The van der Waals surface area contributed by atoms with E-state index in [2.05, 4.69) is 6.92 Å². The van der Waals surface area contributed by atoms with Crippen molar-refractivity contribution >= 4 is 23.7 Å². The fourth-order valence-electron chi connectivity index (χ4n) is 7.95. The number of likely N-dealkylation sites (tertiary alicyclic amines) is 1. The van der Waals surface area contributed by atoms with Crippen molar-refractivity contribution in [3.63, 3.8) is 0 Å². The summed E-state index contributed by atoms with van der Waals surface area (Å²) in [6, 6.07) is 16.5. The van der Waals surface area contributed by atoms with Crippen molar-refractivity contribution in [1.82, 2.24) is 14.7 Å². The lowest BCUT2D eigenvalue weighted by Crippen LogP contribution is -2.58. The lowest BCUT2D eigenvalue weighted by molar-refractivity contribution is -0.164. The van der Waals surface area contributed by atoms with Crippen LogP contribution in [0.3, 0.4) is 0 Å². The molecule has 3 amide bonds. The number of unbranched alkanes of at least 4 members (excludes halogenated alkanes) is 1. The Bertz CT molecular complexity index is 1580. The first-order valence-corrected chi connectivity index (χ1v) is 17.5. The van der Waals surface area contributed by atoms with Crippen molar-refractivity contribution < 1.29 is 33.8 Å². The molecule has 1 N–H and O–H groups in total. The Morgan fingerprint density at radius 1 is 0.980 bits per heavy atom. The van der Waals surface area contributed by atoms with Crippen LogP contribution in [0, 0.1) is 11.8 Å². The number of aliphatic hydroxyl groups excluding tert-OH is 1. The molecule has 6 rings (SSSR count). The summed E-state index contributed by atoms with van der Waals surface area (Å²) in [5.74, 6) is -3.56. The van der Waals surface area contributed by atoms with Crippen molar-refractivity contribution in [2.75, 3.05) is 26.7 Å². The van der Waals surface area contributed by atoms with Crippen molar-refractivity contribution in [2.24, 2.45) is 11.8 Å². The topological polar surface area (TPSA) is 117 Å². The summed E-state index contributed by atoms with van der Waals surface area (Å²) in [6.45, 7) is 4.38. The molecule has 0 aliphatic carbocycles. The average molecular weight is 670 g/mol. The zero-order valence-corrected chi connectivity index (χ0v) is 28.5. The Balaban J connectivity index is 1.45.